The Morgan fingerprint density at radius 1 is 1.21 bits per heavy atom. The highest BCUT2D eigenvalue weighted by molar-refractivity contribution is 9.09. The lowest BCUT2D eigenvalue weighted by Gasteiger charge is -2.25. The Morgan fingerprint density at radius 2 is 1.79 bits per heavy atom. The van der Waals surface area contributed by atoms with Gasteiger partial charge in [-0.2, -0.15) is 0 Å². The smallest absolute Gasteiger partial charge is 0.0517 e. The van der Waals surface area contributed by atoms with E-state index in [4.69, 9.17) is 0 Å². The van der Waals surface area contributed by atoms with E-state index < -0.39 is 0 Å². The summed E-state index contributed by atoms with van der Waals surface area (Å²) in [4.78, 5) is 0. The number of halogens is 1. The van der Waals surface area contributed by atoms with E-state index in [0.29, 0.717) is 0 Å². The largest absolute Gasteiger partial charge is 0.306 e. The molecular weight excluding hydrogens is 238 g/mol. The van der Waals surface area contributed by atoms with Crippen LogP contribution in [0.1, 0.15) is 25.0 Å². The lowest BCUT2D eigenvalue weighted by Crippen LogP contribution is -2.32. The van der Waals surface area contributed by atoms with Gasteiger partial charge in [0.1, 0.15) is 0 Å². The maximum atomic E-state index is 3.38. The van der Waals surface area contributed by atoms with Crippen LogP contribution in [0.4, 0.5) is 0 Å². The molecule has 1 rings (SSSR count). The summed E-state index contributed by atoms with van der Waals surface area (Å²) >= 11 is 3.38. The number of alkyl halides is 1. The molecule has 0 amide bonds. The van der Waals surface area contributed by atoms with E-state index in [1.165, 1.54) is 11.1 Å². The number of hydrogen-bond donors (Lipinski definition) is 1. The van der Waals surface area contributed by atoms with Crippen LogP contribution in [0.25, 0.3) is 0 Å². The van der Waals surface area contributed by atoms with Gasteiger partial charge in [-0.05, 0) is 12.5 Å². The molecular formula is C12H18BrN. The molecule has 0 unspecified atom stereocenters. The van der Waals surface area contributed by atoms with Crippen molar-refractivity contribution >= 4 is 15.9 Å². The van der Waals surface area contributed by atoms with Gasteiger partial charge in [0.25, 0.3) is 0 Å². The van der Waals surface area contributed by atoms with Gasteiger partial charge in [0, 0.05) is 12.0 Å². The highest BCUT2D eigenvalue weighted by atomic mass is 79.9. The zero-order valence-corrected chi connectivity index (χ0v) is 10.7. The van der Waals surface area contributed by atoms with Crippen molar-refractivity contribution in [2.75, 3.05) is 12.0 Å². The molecule has 0 spiro atoms. The Labute approximate surface area is 95.0 Å². The fourth-order valence-electron chi connectivity index (χ4n) is 1.47. The van der Waals surface area contributed by atoms with Crippen LogP contribution in [-0.4, -0.2) is 12.0 Å². The molecule has 0 aliphatic carbocycles. The zero-order chi connectivity index (χ0) is 10.6. The second-order valence-corrected chi connectivity index (χ2v) is 4.87. The van der Waals surface area contributed by atoms with Crippen molar-refractivity contribution in [3.63, 3.8) is 0 Å². The minimum atomic E-state index is 0.196. The van der Waals surface area contributed by atoms with Gasteiger partial charge in [0.15, 0.2) is 0 Å². The molecule has 0 aliphatic heterocycles. The first kappa shape index (κ1) is 11.7. The third kappa shape index (κ3) is 3.10. The Bertz CT molecular complexity index is 277. The summed E-state index contributed by atoms with van der Waals surface area (Å²) in [6, 6.07) is 8.77. The van der Waals surface area contributed by atoms with Crippen LogP contribution in [0.15, 0.2) is 24.3 Å². The molecule has 0 heterocycles. The van der Waals surface area contributed by atoms with Gasteiger partial charge in [0.2, 0.25) is 0 Å². The molecule has 0 aliphatic rings. The van der Waals surface area contributed by atoms with Gasteiger partial charge < -0.3 is 5.32 Å². The third-order valence-corrected chi connectivity index (χ3v) is 2.89. The van der Waals surface area contributed by atoms with Crippen molar-refractivity contribution in [3.8, 4) is 0 Å². The van der Waals surface area contributed by atoms with Crippen LogP contribution >= 0.6 is 15.9 Å². The lowest BCUT2D eigenvalue weighted by molar-refractivity contribution is 0.491. The average molecular weight is 256 g/mol. The molecule has 78 valence electrons. The molecule has 0 aromatic heterocycles. The number of nitrogens with one attached hydrogen (secondary N) is 1. The van der Waals surface area contributed by atoms with Crippen LogP contribution in [0.5, 0.6) is 0 Å². The van der Waals surface area contributed by atoms with Gasteiger partial charge in [-0.15, -0.1) is 0 Å². The van der Waals surface area contributed by atoms with Gasteiger partial charge in [-0.25, -0.2) is 0 Å². The summed E-state index contributed by atoms with van der Waals surface area (Å²) in [5.74, 6) is 0. The van der Waals surface area contributed by atoms with Crippen molar-refractivity contribution < 1.29 is 0 Å². The molecule has 1 nitrogen and oxygen atoms in total. The Balaban J connectivity index is 2.75. The predicted octanol–water partition coefficient (Wildman–Crippen LogP) is 3.21. The second kappa shape index (κ2) is 4.94. The third-order valence-electron chi connectivity index (χ3n) is 2.49. The normalized spacial score (nSPS) is 11.7. The SMILES string of the molecule is Cc1ccc(C(C)(C)CNCBr)cc1. The maximum Gasteiger partial charge on any atom is 0.0517 e. The van der Waals surface area contributed by atoms with Crippen LogP contribution in [0.3, 0.4) is 0 Å². The summed E-state index contributed by atoms with van der Waals surface area (Å²) in [6.45, 7) is 7.62. The van der Waals surface area contributed by atoms with Crippen LogP contribution in [-0.2, 0) is 5.41 Å². The van der Waals surface area contributed by atoms with Crippen molar-refractivity contribution in [3.05, 3.63) is 35.4 Å². The van der Waals surface area contributed by atoms with Crippen LogP contribution < -0.4 is 5.32 Å². The number of aryl methyl sites for hydroxylation is 1. The van der Waals surface area contributed by atoms with Gasteiger partial charge in [-0.3, -0.25) is 0 Å². The molecule has 0 saturated heterocycles. The van der Waals surface area contributed by atoms with E-state index in [1.807, 2.05) is 0 Å². The van der Waals surface area contributed by atoms with Crippen LogP contribution in [0.2, 0.25) is 0 Å². The zero-order valence-electron chi connectivity index (χ0n) is 9.10. The molecule has 2 heteroatoms. The summed E-state index contributed by atoms with van der Waals surface area (Å²) < 4.78 is 0. The average Bonchev–Trinajstić information content (AvgIpc) is 2.16. The first-order valence-electron chi connectivity index (χ1n) is 4.90. The standard InChI is InChI=1S/C12H18BrN/c1-10-4-6-11(7-5-10)12(2,3)8-14-9-13/h4-7,14H,8-9H2,1-3H3. The lowest BCUT2D eigenvalue weighted by atomic mass is 9.84. The molecule has 0 atom stereocenters. The summed E-state index contributed by atoms with van der Waals surface area (Å²) in [7, 11) is 0. The quantitative estimate of drug-likeness (QED) is 0.644. The Morgan fingerprint density at radius 3 is 2.29 bits per heavy atom. The van der Waals surface area contributed by atoms with Crippen molar-refractivity contribution in [2.45, 2.75) is 26.2 Å². The first-order chi connectivity index (χ1) is 6.56. The van der Waals surface area contributed by atoms with Gasteiger partial charge in [-0.1, -0.05) is 59.6 Å². The van der Waals surface area contributed by atoms with E-state index in [9.17, 15) is 0 Å². The van der Waals surface area contributed by atoms with Gasteiger partial charge in [0.05, 0.1) is 5.45 Å². The summed E-state index contributed by atoms with van der Waals surface area (Å²) in [5.41, 5.74) is 3.75. The summed E-state index contributed by atoms with van der Waals surface area (Å²) in [6.07, 6.45) is 0. The van der Waals surface area contributed by atoms with E-state index in [0.717, 1.165) is 12.0 Å². The minimum Gasteiger partial charge on any atom is -0.306 e. The highest BCUT2D eigenvalue weighted by Crippen LogP contribution is 2.22. The van der Waals surface area contributed by atoms with Gasteiger partial charge >= 0.3 is 0 Å². The maximum absolute atomic E-state index is 3.38. The van der Waals surface area contributed by atoms with Crippen molar-refractivity contribution in [1.29, 1.82) is 0 Å². The molecule has 1 aromatic carbocycles. The first-order valence-corrected chi connectivity index (χ1v) is 6.02. The second-order valence-electron chi connectivity index (χ2n) is 4.31. The highest BCUT2D eigenvalue weighted by Gasteiger charge is 2.19. The predicted molar refractivity (Wildman–Crippen MR) is 66.0 cm³/mol. The number of hydrogen-bond acceptors (Lipinski definition) is 1. The van der Waals surface area contributed by atoms with E-state index in [1.54, 1.807) is 0 Å². The van der Waals surface area contributed by atoms with E-state index in [-0.39, 0.29) is 5.41 Å². The van der Waals surface area contributed by atoms with Crippen LogP contribution in [0, 0.1) is 6.92 Å². The number of benzene rings is 1. The van der Waals surface area contributed by atoms with Crippen molar-refractivity contribution in [2.24, 2.45) is 0 Å². The fraction of sp³-hybridized carbons (Fsp3) is 0.500. The molecule has 1 N–H and O–H groups in total. The molecule has 14 heavy (non-hydrogen) atoms. The minimum absolute atomic E-state index is 0.196. The molecule has 0 saturated carbocycles. The monoisotopic (exact) mass is 255 g/mol. The molecule has 0 fully saturated rings. The molecule has 0 bridgehead atoms. The molecule has 1 aromatic rings. The summed E-state index contributed by atoms with van der Waals surface area (Å²) in [5, 5.41) is 3.32. The van der Waals surface area contributed by atoms with E-state index >= 15 is 0 Å². The number of rotatable bonds is 4. The topological polar surface area (TPSA) is 12.0 Å². The fourth-order valence-corrected chi connectivity index (χ4v) is 1.66. The Hall–Kier alpha value is -0.340. The molecule has 0 radical (unpaired) electrons. The van der Waals surface area contributed by atoms with E-state index in [2.05, 4.69) is 66.3 Å². The van der Waals surface area contributed by atoms with Crippen molar-refractivity contribution in [1.82, 2.24) is 5.32 Å². The Kier molecular flexibility index (Phi) is 4.14.